The Bertz CT molecular complexity index is 529. The summed E-state index contributed by atoms with van der Waals surface area (Å²) in [5.41, 5.74) is 1.53. The van der Waals surface area contributed by atoms with Crippen LogP contribution in [-0.2, 0) is 0 Å². The topological polar surface area (TPSA) is 55.8 Å². The second-order valence-corrected chi connectivity index (χ2v) is 4.05. The van der Waals surface area contributed by atoms with Crippen molar-refractivity contribution in [3.8, 4) is 11.5 Å². The summed E-state index contributed by atoms with van der Waals surface area (Å²) in [6, 6.07) is 14.2. The maximum absolute atomic E-state index is 10.4. The molecule has 0 bridgehead atoms. The molecule has 2 aromatic rings. The number of ether oxygens (including phenoxy) is 2. The Morgan fingerprint density at radius 2 is 1.25 bits per heavy atom. The van der Waals surface area contributed by atoms with Gasteiger partial charge in [0.25, 0.3) is 0 Å². The van der Waals surface area contributed by atoms with Crippen LogP contribution in [0.1, 0.15) is 15.9 Å². The molecule has 0 aromatic heterocycles. The molecule has 1 N–H and O–H groups in total. The largest absolute Gasteiger partial charge is 0.497 e. The molecule has 0 unspecified atom stereocenters. The van der Waals surface area contributed by atoms with Crippen molar-refractivity contribution in [1.29, 1.82) is 0 Å². The zero-order valence-electron chi connectivity index (χ0n) is 11.8. The standard InChI is InChI=1S/C8H8O3.C8H10O/c1-11-7-4-2-6(3-5-7)8(9)10;1-7-3-5-8(9-2)6-4-7/h2-5H,1H3,(H,9,10);3-6H,1-2H3. The number of rotatable bonds is 3. The van der Waals surface area contributed by atoms with Gasteiger partial charge in [0.15, 0.2) is 0 Å². The minimum Gasteiger partial charge on any atom is -0.497 e. The molecule has 2 rings (SSSR count). The number of hydrogen-bond acceptors (Lipinski definition) is 3. The van der Waals surface area contributed by atoms with Gasteiger partial charge in [-0.25, -0.2) is 4.79 Å². The van der Waals surface area contributed by atoms with Crippen molar-refractivity contribution >= 4 is 5.97 Å². The SMILES string of the molecule is COc1ccc(C(=O)O)cc1.COc1ccc(C)cc1. The molecule has 2 aromatic carbocycles. The van der Waals surface area contributed by atoms with Gasteiger partial charge in [-0.15, -0.1) is 0 Å². The molecule has 0 atom stereocenters. The molecule has 4 nitrogen and oxygen atoms in total. The first kappa shape index (κ1) is 15.6. The van der Waals surface area contributed by atoms with Crippen LogP contribution in [0.2, 0.25) is 0 Å². The van der Waals surface area contributed by atoms with Gasteiger partial charge in [-0.05, 0) is 43.3 Å². The van der Waals surface area contributed by atoms with Crippen molar-refractivity contribution in [2.45, 2.75) is 6.92 Å². The number of carbonyl (C=O) groups is 1. The summed E-state index contributed by atoms with van der Waals surface area (Å²) in [6.07, 6.45) is 0. The van der Waals surface area contributed by atoms with Crippen molar-refractivity contribution in [1.82, 2.24) is 0 Å². The van der Waals surface area contributed by atoms with Gasteiger partial charge in [-0.3, -0.25) is 0 Å². The van der Waals surface area contributed by atoms with Gasteiger partial charge in [0.05, 0.1) is 19.8 Å². The van der Waals surface area contributed by atoms with Gasteiger partial charge in [-0.2, -0.15) is 0 Å². The van der Waals surface area contributed by atoms with E-state index in [1.807, 2.05) is 24.3 Å². The van der Waals surface area contributed by atoms with E-state index in [1.54, 1.807) is 19.2 Å². The average Bonchev–Trinajstić information content (AvgIpc) is 2.49. The molecule has 0 heterocycles. The zero-order chi connectivity index (χ0) is 15.0. The van der Waals surface area contributed by atoms with Crippen molar-refractivity contribution in [2.75, 3.05) is 14.2 Å². The third-order valence-corrected chi connectivity index (χ3v) is 2.59. The molecule has 0 spiro atoms. The van der Waals surface area contributed by atoms with E-state index in [1.165, 1.54) is 24.8 Å². The van der Waals surface area contributed by atoms with Crippen molar-refractivity contribution < 1.29 is 19.4 Å². The molecule has 4 heteroatoms. The Balaban J connectivity index is 0.000000204. The minimum atomic E-state index is -0.923. The Morgan fingerprint density at radius 1 is 0.850 bits per heavy atom. The molecule has 106 valence electrons. The Morgan fingerprint density at radius 3 is 1.60 bits per heavy atom. The molecule has 0 aliphatic rings. The van der Waals surface area contributed by atoms with E-state index in [9.17, 15) is 4.79 Å². The number of carboxylic acid groups (broad SMARTS) is 1. The summed E-state index contributed by atoms with van der Waals surface area (Å²) in [7, 11) is 3.21. The molecular weight excluding hydrogens is 256 g/mol. The molecule has 0 radical (unpaired) electrons. The Kier molecular flexibility index (Phi) is 6.10. The van der Waals surface area contributed by atoms with E-state index >= 15 is 0 Å². The van der Waals surface area contributed by atoms with Crippen LogP contribution < -0.4 is 9.47 Å². The minimum absolute atomic E-state index is 0.269. The lowest BCUT2D eigenvalue weighted by Crippen LogP contribution is -1.95. The highest BCUT2D eigenvalue weighted by molar-refractivity contribution is 5.87. The summed E-state index contributed by atoms with van der Waals surface area (Å²) in [5, 5.41) is 8.51. The first-order chi connectivity index (χ1) is 9.56. The quantitative estimate of drug-likeness (QED) is 0.932. The van der Waals surface area contributed by atoms with Gasteiger partial charge < -0.3 is 14.6 Å². The van der Waals surface area contributed by atoms with Gasteiger partial charge in [0.2, 0.25) is 0 Å². The van der Waals surface area contributed by atoms with Crippen LogP contribution in [0.25, 0.3) is 0 Å². The second kappa shape index (κ2) is 7.84. The highest BCUT2D eigenvalue weighted by Crippen LogP contribution is 2.10. The van der Waals surface area contributed by atoms with E-state index in [0.717, 1.165) is 5.75 Å². The van der Waals surface area contributed by atoms with Crippen molar-refractivity contribution in [3.05, 3.63) is 59.7 Å². The summed E-state index contributed by atoms with van der Waals surface area (Å²) in [5.74, 6) is 0.656. The summed E-state index contributed by atoms with van der Waals surface area (Å²) in [4.78, 5) is 10.4. The Hall–Kier alpha value is -2.49. The maximum atomic E-state index is 10.4. The van der Waals surface area contributed by atoms with Crippen LogP contribution in [0.3, 0.4) is 0 Å². The normalized spacial score (nSPS) is 9.15. The third kappa shape index (κ3) is 5.02. The molecule has 20 heavy (non-hydrogen) atoms. The molecule has 0 saturated carbocycles. The average molecular weight is 274 g/mol. The third-order valence-electron chi connectivity index (χ3n) is 2.59. The molecule has 0 amide bonds. The van der Waals surface area contributed by atoms with E-state index in [-0.39, 0.29) is 5.56 Å². The van der Waals surface area contributed by atoms with Crippen LogP contribution in [0.4, 0.5) is 0 Å². The van der Waals surface area contributed by atoms with Crippen LogP contribution in [0.5, 0.6) is 11.5 Å². The molecule has 0 fully saturated rings. The zero-order valence-corrected chi connectivity index (χ0v) is 11.8. The van der Waals surface area contributed by atoms with Crippen LogP contribution >= 0.6 is 0 Å². The molecule has 0 aliphatic carbocycles. The monoisotopic (exact) mass is 274 g/mol. The number of aromatic carboxylic acids is 1. The predicted octanol–water partition coefficient (Wildman–Crippen LogP) is 3.40. The Labute approximate surface area is 118 Å². The number of aryl methyl sites for hydroxylation is 1. The van der Waals surface area contributed by atoms with Gasteiger partial charge in [0.1, 0.15) is 11.5 Å². The highest BCUT2D eigenvalue weighted by Gasteiger charge is 2.00. The first-order valence-electron chi connectivity index (χ1n) is 6.05. The van der Waals surface area contributed by atoms with Crippen LogP contribution in [0.15, 0.2) is 48.5 Å². The van der Waals surface area contributed by atoms with Crippen molar-refractivity contribution in [2.24, 2.45) is 0 Å². The summed E-state index contributed by atoms with van der Waals surface area (Å²) >= 11 is 0. The summed E-state index contributed by atoms with van der Waals surface area (Å²) < 4.78 is 9.83. The van der Waals surface area contributed by atoms with E-state index in [2.05, 4.69) is 6.92 Å². The lowest BCUT2D eigenvalue weighted by molar-refractivity contribution is 0.0697. The van der Waals surface area contributed by atoms with E-state index in [4.69, 9.17) is 14.6 Å². The fourth-order valence-corrected chi connectivity index (χ4v) is 1.41. The predicted molar refractivity (Wildman–Crippen MR) is 77.7 cm³/mol. The highest BCUT2D eigenvalue weighted by atomic mass is 16.5. The number of benzene rings is 2. The maximum Gasteiger partial charge on any atom is 0.335 e. The van der Waals surface area contributed by atoms with Gasteiger partial charge >= 0.3 is 5.97 Å². The second-order valence-electron chi connectivity index (χ2n) is 4.05. The molecule has 0 saturated heterocycles. The van der Waals surface area contributed by atoms with Crippen LogP contribution in [-0.4, -0.2) is 25.3 Å². The van der Waals surface area contributed by atoms with Crippen LogP contribution in [0, 0.1) is 6.92 Å². The van der Waals surface area contributed by atoms with E-state index < -0.39 is 5.97 Å². The first-order valence-corrected chi connectivity index (χ1v) is 6.05. The van der Waals surface area contributed by atoms with Gasteiger partial charge in [-0.1, -0.05) is 17.7 Å². The summed E-state index contributed by atoms with van der Waals surface area (Å²) in [6.45, 7) is 2.06. The molecule has 0 aliphatic heterocycles. The fraction of sp³-hybridized carbons (Fsp3) is 0.188. The van der Waals surface area contributed by atoms with Gasteiger partial charge in [0, 0.05) is 0 Å². The van der Waals surface area contributed by atoms with E-state index in [0.29, 0.717) is 5.75 Å². The van der Waals surface area contributed by atoms with Crippen molar-refractivity contribution in [3.63, 3.8) is 0 Å². The fourth-order valence-electron chi connectivity index (χ4n) is 1.41. The number of carboxylic acids is 1. The lowest BCUT2D eigenvalue weighted by Gasteiger charge is -1.98. The number of methoxy groups -OCH3 is 2. The number of hydrogen-bond donors (Lipinski definition) is 1. The smallest absolute Gasteiger partial charge is 0.335 e. The lowest BCUT2D eigenvalue weighted by atomic mass is 10.2. The molecular formula is C16H18O4.